The monoisotopic (exact) mass is 406 g/mol. The second-order valence-electron chi connectivity index (χ2n) is 6.96. The molecule has 0 radical (unpaired) electrons. The Bertz CT molecular complexity index is 882. The molecule has 4 heterocycles. The second kappa shape index (κ2) is 7.98. The third kappa shape index (κ3) is 4.01. The zero-order chi connectivity index (χ0) is 18.8. The van der Waals surface area contributed by atoms with Gasteiger partial charge in [0.2, 0.25) is 5.95 Å². The minimum atomic E-state index is 0.616. The normalized spacial score (nSPS) is 15.6. The minimum absolute atomic E-state index is 0.616. The SMILES string of the molecule is CC1CCN(c2nnc(SCc3ncc(Cl)n3C)n2Cc2ccco2)CC1. The van der Waals surface area contributed by atoms with Crippen molar-refractivity contribution in [3.63, 3.8) is 0 Å². The molecule has 3 aromatic rings. The van der Waals surface area contributed by atoms with E-state index in [9.17, 15) is 0 Å². The Hall–Kier alpha value is -1.93. The summed E-state index contributed by atoms with van der Waals surface area (Å²) in [5.74, 6) is 4.16. The van der Waals surface area contributed by atoms with E-state index >= 15 is 0 Å². The molecule has 0 bridgehead atoms. The molecule has 0 amide bonds. The lowest BCUT2D eigenvalue weighted by atomic mass is 10.00. The van der Waals surface area contributed by atoms with Gasteiger partial charge in [-0.2, -0.15) is 0 Å². The largest absolute Gasteiger partial charge is 0.467 e. The van der Waals surface area contributed by atoms with E-state index in [0.717, 1.165) is 41.7 Å². The summed E-state index contributed by atoms with van der Waals surface area (Å²) >= 11 is 7.71. The van der Waals surface area contributed by atoms with Gasteiger partial charge in [0.05, 0.1) is 24.8 Å². The molecule has 1 saturated heterocycles. The Morgan fingerprint density at radius 2 is 2.11 bits per heavy atom. The average Bonchev–Trinajstić information content (AvgIpc) is 3.39. The van der Waals surface area contributed by atoms with Gasteiger partial charge < -0.3 is 13.9 Å². The smallest absolute Gasteiger partial charge is 0.228 e. The molecule has 0 unspecified atom stereocenters. The van der Waals surface area contributed by atoms with Crippen molar-refractivity contribution in [1.82, 2.24) is 24.3 Å². The molecular weight excluding hydrogens is 384 g/mol. The van der Waals surface area contributed by atoms with Crippen LogP contribution in [0.15, 0.2) is 34.2 Å². The molecule has 3 aromatic heterocycles. The lowest BCUT2D eigenvalue weighted by molar-refractivity contribution is 0.427. The summed E-state index contributed by atoms with van der Waals surface area (Å²) in [6, 6.07) is 3.89. The van der Waals surface area contributed by atoms with Gasteiger partial charge in [0.15, 0.2) is 5.16 Å². The van der Waals surface area contributed by atoms with E-state index in [0.29, 0.717) is 17.5 Å². The number of hydrogen-bond acceptors (Lipinski definition) is 6. The molecule has 0 saturated carbocycles. The van der Waals surface area contributed by atoms with E-state index in [1.54, 1.807) is 24.2 Å². The molecule has 144 valence electrons. The third-order valence-corrected chi connectivity index (χ3v) is 6.33. The molecular formula is C18H23ClN6OS. The van der Waals surface area contributed by atoms with Gasteiger partial charge in [-0.1, -0.05) is 30.3 Å². The highest BCUT2D eigenvalue weighted by Crippen LogP contribution is 2.28. The van der Waals surface area contributed by atoms with Crippen LogP contribution in [0.3, 0.4) is 0 Å². The number of piperidine rings is 1. The van der Waals surface area contributed by atoms with Crippen molar-refractivity contribution in [3.8, 4) is 0 Å². The third-order valence-electron chi connectivity index (χ3n) is 5.02. The Balaban J connectivity index is 1.57. The van der Waals surface area contributed by atoms with Crippen LogP contribution in [0.1, 0.15) is 31.4 Å². The summed E-state index contributed by atoms with van der Waals surface area (Å²) in [5, 5.41) is 10.5. The molecule has 1 aliphatic heterocycles. The quantitative estimate of drug-likeness (QED) is 0.579. The van der Waals surface area contributed by atoms with Gasteiger partial charge in [0.25, 0.3) is 0 Å². The number of anilines is 1. The van der Waals surface area contributed by atoms with E-state index in [1.165, 1.54) is 12.8 Å². The molecule has 7 nitrogen and oxygen atoms in total. The molecule has 27 heavy (non-hydrogen) atoms. The van der Waals surface area contributed by atoms with E-state index in [-0.39, 0.29) is 0 Å². The first kappa shape index (κ1) is 18.4. The molecule has 9 heteroatoms. The predicted octanol–water partition coefficient (Wildman–Crippen LogP) is 3.83. The number of furan rings is 1. The van der Waals surface area contributed by atoms with Gasteiger partial charge in [-0.25, -0.2) is 4.98 Å². The molecule has 0 atom stereocenters. The van der Waals surface area contributed by atoms with Crippen LogP contribution in [0, 0.1) is 5.92 Å². The number of imidazole rings is 1. The number of nitrogens with zero attached hydrogens (tertiary/aromatic N) is 6. The fraction of sp³-hybridized carbons (Fsp3) is 0.500. The maximum absolute atomic E-state index is 6.09. The average molecular weight is 407 g/mol. The van der Waals surface area contributed by atoms with Crippen LogP contribution >= 0.6 is 23.4 Å². The van der Waals surface area contributed by atoms with Crippen molar-refractivity contribution in [1.29, 1.82) is 0 Å². The molecule has 0 spiro atoms. The molecule has 4 rings (SSSR count). The number of hydrogen-bond donors (Lipinski definition) is 0. The Morgan fingerprint density at radius 1 is 1.30 bits per heavy atom. The molecule has 0 aliphatic carbocycles. The topological polar surface area (TPSA) is 64.9 Å². The van der Waals surface area contributed by atoms with Gasteiger partial charge in [0, 0.05) is 20.1 Å². The van der Waals surface area contributed by atoms with E-state index < -0.39 is 0 Å². The summed E-state index contributed by atoms with van der Waals surface area (Å²) in [6.45, 7) is 4.95. The standard InChI is InChI=1S/C18H23ClN6OS/c1-13-5-7-24(8-6-13)17-21-22-18(25(17)11-14-4-3-9-26-14)27-12-16-20-10-15(19)23(16)2/h3-4,9-10,13H,5-8,11-12H2,1-2H3. The molecule has 1 fully saturated rings. The van der Waals surface area contributed by atoms with Crippen molar-refractivity contribution in [3.05, 3.63) is 41.3 Å². The summed E-state index contributed by atoms with van der Waals surface area (Å²) < 4.78 is 9.59. The first-order valence-electron chi connectivity index (χ1n) is 9.11. The first-order valence-corrected chi connectivity index (χ1v) is 10.5. The van der Waals surface area contributed by atoms with Crippen LogP contribution in [0.25, 0.3) is 0 Å². The summed E-state index contributed by atoms with van der Waals surface area (Å²) in [4.78, 5) is 6.70. The number of halogens is 1. The highest BCUT2D eigenvalue weighted by atomic mass is 35.5. The van der Waals surface area contributed by atoms with Gasteiger partial charge in [0.1, 0.15) is 16.7 Å². The molecule has 0 N–H and O–H groups in total. The fourth-order valence-corrected chi connectivity index (χ4v) is 4.29. The number of thioether (sulfide) groups is 1. The summed E-state index contributed by atoms with van der Waals surface area (Å²) in [7, 11) is 1.92. The maximum Gasteiger partial charge on any atom is 0.228 e. The van der Waals surface area contributed by atoms with Crippen LogP contribution in [0.5, 0.6) is 0 Å². The van der Waals surface area contributed by atoms with Gasteiger partial charge >= 0.3 is 0 Å². The van der Waals surface area contributed by atoms with Crippen molar-refractivity contribution in [2.75, 3.05) is 18.0 Å². The number of aromatic nitrogens is 5. The number of rotatable bonds is 6. The van der Waals surface area contributed by atoms with E-state index in [1.807, 2.05) is 23.7 Å². The van der Waals surface area contributed by atoms with E-state index in [2.05, 4.69) is 31.6 Å². The van der Waals surface area contributed by atoms with Crippen molar-refractivity contribution < 1.29 is 4.42 Å². The van der Waals surface area contributed by atoms with Crippen LogP contribution in [-0.2, 0) is 19.3 Å². The highest BCUT2D eigenvalue weighted by molar-refractivity contribution is 7.98. The van der Waals surface area contributed by atoms with Crippen LogP contribution in [0.4, 0.5) is 5.95 Å². The zero-order valence-electron chi connectivity index (χ0n) is 15.5. The second-order valence-corrected chi connectivity index (χ2v) is 8.29. The van der Waals surface area contributed by atoms with Crippen molar-refractivity contribution >= 4 is 29.3 Å². The van der Waals surface area contributed by atoms with Crippen LogP contribution < -0.4 is 4.90 Å². The van der Waals surface area contributed by atoms with Crippen LogP contribution in [0.2, 0.25) is 5.15 Å². The van der Waals surface area contributed by atoms with Crippen molar-refractivity contribution in [2.45, 2.75) is 37.2 Å². The highest BCUT2D eigenvalue weighted by Gasteiger charge is 2.23. The predicted molar refractivity (Wildman–Crippen MR) is 106 cm³/mol. The molecule has 0 aromatic carbocycles. The summed E-state index contributed by atoms with van der Waals surface area (Å²) in [5.41, 5.74) is 0. The lowest BCUT2D eigenvalue weighted by Gasteiger charge is -2.31. The fourth-order valence-electron chi connectivity index (χ4n) is 3.21. The van der Waals surface area contributed by atoms with Crippen LogP contribution in [-0.4, -0.2) is 37.4 Å². The maximum atomic E-state index is 6.09. The Labute approximate surface area is 167 Å². The van der Waals surface area contributed by atoms with Crippen molar-refractivity contribution in [2.24, 2.45) is 13.0 Å². The molecule has 1 aliphatic rings. The van der Waals surface area contributed by atoms with Gasteiger partial charge in [-0.15, -0.1) is 10.2 Å². The Morgan fingerprint density at radius 3 is 2.78 bits per heavy atom. The first-order chi connectivity index (χ1) is 13.1. The van der Waals surface area contributed by atoms with E-state index in [4.69, 9.17) is 16.0 Å². The lowest BCUT2D eigenvalue weighted by Crippen LogP contribution is -2.35. The van der Waals surface area contributed by atoms with Gasteiger partial charge in [-0.05, 0) is 30.9 Å². The summed E-state index contributed by atoms with van der Waals surface area (Å²) in [6.07, 6.45) is 5.74. The minimum Gasteiger partial charge on any atom is -0.467 e. The Kier molecular flexibility index (Phi) is 5.45. The zero-order valence-corrected chi connectivity index (χ0v) is 17.1. The van der Waals surface area contributed by atoms with Gasteiger partial charge in [-0.3, -0.25) is 4.57 Å².